The monoisotopic (exact) mass is 2010 g/mol. The van der Waals surface area contributed by atoms with Crippen molar-refractivity contribution >= 4 is 116 Å². The Morgan fingerprint density at radius 3 is 1.00 bits per heavy atom. The number of carbonyl (C=O) groups is 8. The van der Waals surface area contributed by atoms with E-state index in [9.17, 15) is 80.7 Å². The predicted octanol–water partition coefficient (Wildman–Crippen LogP) is 16.3. The van der Waals surface area contributed by atoms with Crippen molar-refractivity contribution in [1.82, 2.24) is 80.7 Å². The molecule has 12 N–H and O–H groups in total. The number of rotatable bonds is 30. The first-order chi connectivity index (χ1) is 64.7. The van der Waals surface area contributed by atoms with Crippen LogP contribution in [0.15, 0.2) is 49.1 Å². The van der Waals surface area contributed by atoms with Crippen LogP contribution in [0.2, 0.25) is 0 Å². The zero-order chi connectivity index (χ0) is 102. The number of nitrogens with zero attached hydrogens (tertiary/aromatic N) is 12. The summed E-state index contributed by atoms with van der Waals surface area (Å²) in [5, 5.41) is 63.6. The summed E-state index contributed by atoms with van der Waals surface area (Å²) in [5.41, 5.74) is 0.299. The fraction of sp³-hybridized carbons (Fsp3) is 0.592. The van der Waals surface area contributed by atoms with E-state index in [2.05, 4.69) is 110 Å². The van der Waals surface area contributed by atoms with Crippen LogP contribution in [0, 0.1) is 33.6 Å². The Labute approximate surface area is 825 Å². The van der Waals surface area contributed by atoms with E-state index in [1.165, 1.54) is 47.8 Å². The summed E-state index contributed by atoms with van der Waals surface area (Å²) in [5.74, 6) is -3.13. The van der Waals surface area contributed by atoms with Crippen molar-refractivity contribution in [3.8, 4) is 41.8 Å². The van der Waals surface area contributed by atoms with Crippen LogP contribution in [-0.2, 0) is 0 Å². The molecule has 2 aliphatic carbocycles. The second kappa shape index (κ2) is 44.0. The molecule has 139 heavy (non-hydrogen) atoms. The van der Waals surface area contributed by atoms with Crippen LogP contribution in [0.1, 0.15) is 312 Å². The van der Waals surface area contributed by atoms with Crippen molar-refractivity contribution in [2.75, 3.05) is 73.6 Å². The topological polar surface area (TPSA) is 430 Å². The van der Waals surface area contributed by atoms with Gasteiger partial charge in [0, 0.05) is 141 Å². The highest BCUT2D eigenvalue weighted by molar-refractivity contribution is 7.18. The highest BCUT2D eigenvalue weighted by Gasteiger charge is 2.59. The Bertz CT molecular complexity index is 5780. The maximum atomic E-state index is 14.0. The molecular weight excluding hydrogens is 1870 g/mol. The van der Waals surface area contributed by atoms with Gasteiger partial charge in [-0.2, -0.15) is 13.2 Å². The average Bonchev–Trinajstić information content (AvgIpc) is 1.75. The molecule has 5 atom stereocenters. The van der Waals surface area contributed by atoms with E-state index in [-0.39, 0.29) is 129 Å². The first-order valence-corrected chi connectivity index (χ1v) is 50.7. The predicted molar refractivity (Wildman–Crippen MR) is 533 cm³/mol. The largest absolute Gasteiger partial charge is 0.411 e. The Kier molecular flexibility index (Phi) is 34.5. The molecule has 12 heterocycles. The molecule has 6 fully saturated rings. The second-order valence-electron chi connectivity index (χ2n) is 41.0. The summed E-state index contributed by atoms with van der Waals surface area (Å²) in [6.07, 6.45) is 11.2. The molecule has 8 aromatic heterocycles. The number of thiazole rings is 4. The number of aliphatic hydroxyl groups is 4. The second-order valence-corrected chi connectivity index (χ2v) is 45.0. The molecule has 4 aliphatic heterocycles. The number of alkyl halides is 5. The summed E-state index contributed by atoms with van der Waals surface area (Å²) < 4.78 is 68.9. The zero-order valence-electron chi connectivity index (χ0n) is 83.5. The molecule has 2 saturated carbocycles. The van der Waals surface area contributed by atoms with Crippen molar-refractivity contribution in [3.63, 3.8) is 0 Å². The van der Waals surface area contributed by atoms with E-state index >= 15 is 0 Å². The summed E-state index contributed by atoms with van der Waals surface area (Å²) in [4.78, 5) is 149. The molecule has 0 bridgehead atoms. The van der Waals surface area contributed by atoms with Crippen LogP contribution in [0.4, 0.5) is 45.2 Å². The smallest absolute Gasteiger partial charge is 0.389 e. The van der Waals surface area contributed by atoms with Gasteiger partial charge in [-0.25, -0.2) is 48.7 Å². The van der Waals surface area contributed by atoms with Gasteiger partial charge in [0.2, 0.25) is 0 Å². The Hall–Kier alpha value is -10.4. The number of hydrogen-bond donors (Lipinski definition) is 12. The van der Waals surface area contributed by atoms with Gasteiger partial charge in [-0.05, 0) is 275 Å². The summed E-state index contributed by atoms with van der Waals surface area (Å²) in [6, 6.07) is 7.42. The Morgan fingerprint density at radius 2 is 0.741 bits per heavy atom. The number of amides is 8. The van der Waals surface area contributed by atoms with Crippen molar-refractivity contribution in [2.45, 2.75) is 318 Å². The molecular formula is C98H135F5N20O12S4. The van der Waals surface area contributed by atoms with Crippen molar-refractivity contribution in [3.05, 3.63) is 114 Å². The molecule has 41 heteroatoms. The number of pyridine rings is 4. The first kappa shape index (κ1) is 109. The lowest BCUT2D eigenvalue weighted by Gasteiger charge is -2.44. The summed E-state index contributed by atoms with van der Waals surface area (Å²) >= 11 is 4.39. The van der Waals surface area contributed by atoms with Crippen LogP contribution < -0.4 is 42.5 Å². The molecule has 0 unspecified atom stereocenters. The van der Waals surface area contributed by atoms with Gasteiger partial charge in [0.15, 0.2) is 20.0 Å². The van der Waals surface area contributed by atoms with E-state index in [0.29, 0.717) is 85.7 Å². The van der Waals surface area contributed by atoms with Gasteiger partial charge in [0.25, 0.3) is 53.2 Å². The van der Waals surface area contributed by atoms with E-state index in [1.54, 1.807) is 92.7 Å². The molecule has 8 aromatic rings. The number of aryl methyl sites for hydroxylation is 4. The lowest BCUT2D eigenvalue weighted by Crippen LogP contribution is -2.57. The molecule has 0 radical (unpaired) electrons. The SMILES string of the molecule is CC[C@@H](C)Nc1cc(C)c(-c2sc(C(=O)NCC(C)(C)O)nc2C(=O)N2CCC[C@@H]2C)cn1.Cc1cc(NC(C)(C)C2CC2)ncc1-c1sc(C(=O)NCC(C)(C)O)nc1C(=O)N1CCC[C@@H]1C.Cc1cc(NC(C)C)ncc1-c1sc(C(=O)NCC(C)(C)O)nc1C(=O)N1CC(F)(F)C[C@@H]1C.Cc1cc(NC2(C(F)(F)F)CCC2)ncc1-c1sc(C(=O)NCC(C)(C)O)nc1C(=O)N1CCC[C@@H]1C. The first-order valence-electron chi connectivity index (χ1n) is 47.4. The molecule has 0 aromatic carbocycles. The van der Waals surface area contributed by atoms with Gasteiger partial charge < -0.3 is 82.6 Å². The van der Waals surface area contributed by atoms with Crippen LogP contribution >= 0.6 is 45.3 Å². The Morgan fingerprint density at radius 1 is 0.439 bits per heavy atom. The van der Waals surface area contributed by atoms with E-state index in [0.717, 1.165) is 112 Å². The van der Waals surface area contributed by atoms with Gasteiger partial charge in [0.1, 0.15) is 51.6 Å². The third-order valence-electron chi connectivity index (χ3n) is 25.1. The maximum absolute atomic E-state index is 14.0. The molecule has 32 nitrogen and oxygen atoms in total. The number of hydrogen-bond acceptors (Lipinski definition) is 28. The minimum atomic E-state index is -4.39. The third-order valence-corrected chi connectivity index (χ3v) is 29.4. The standard InChI is InChI=1S/C26H37N5O3S.C25H32F3N5O3S.C24H35N5O3S.C23H31F2N5O3S/c1-15-12-19(30-26(5,6)17-9-10-17)27-13-18(15)21-20(24(33)31-11-7-8-16(31)2)29-23(35-21)22(32)28-14-25(3,4)34;1-14-11-17(32-24(8-6-9-24)25(26,27)28)29-12-16(14)19-18(22(35)33-10-5-7-15(33)2)31-21(37-19)20(34)30-13-23(3,4)36;1-7-15(3)27-18-11-14(2)17(12-25-18)20-19(23(31)29-10-8-9-16(29)4)28-22(33-20)21(30)26-13-24(5,6)32;1-12(2)28-16-7-13(3)15(9-26-16)18-17(21(32)30-11-23(24,25)8-14(30)4)29-20(34-18)19(31)27-10-22(5,6)33/h12-13,16-17,34H,7-11,14H2,1-6H3,(H,27,30)(H,28,32);11-12,15,36H,5-10,13H2,1-4H3,(H,29,32)(H,30,34);11-12,15-16,32H,7-10,13H2,1-6H3,(H,25,27)(H,26,30);7,9,12,14,33H,8,10-11H2,1-6H3,(H,26,28)(H,27,31)/t16-;15-;15-,16+;14-/m0010/s1. The molecule has 8 amide bonds. The maximum Gasteiger partial charge on any atom is 0.411 e. The molecule has 758 valence electrons. The minimum Gasteiger partial charge on any atom is -0.389 e. The lowest BCUT2D eigenvalue weighted by atomic mass is 9.76. The van der Waals surface area contributed by atoms with Crippen LogP contribution in [0.5, 0.6) is 0 Å². The van der Waals surface area contributed by atoms with Crippen LogP contribution in [-0.4, -0.2) is 261 Å². The van der Waals surface area contributed by atoms with Gasteiger partial charge >= 0.3 is 6.18 Å². The quantitative estimate of drug-likeness (QED) is 0.0186. The third kappa shape index (κ3) is 28.1. The number of aromatic nitrogens is 8. The van der Waals surface area contributed by atoms with Crippen molar-refractivity contribution < 1.29 is 80.7 Å². The average molecular weight is 2010 g/mol. The van der Waals surface area contributed by atoms with Crippen molar-refractivity contribution in [1.29, 1.82) is 0 Å². The van der Waals surface area contributed by atoms with Gasteiger partial charge in [0.05, 0.1) is 48.5 Å². The fourth-order valence-electron chi connectivity index (χ4n) is 16.6. The molecule has 0 spiro atoms. The van der Waals surface area contributed by atoms with Crippen molar-refractivity contribution in [2.24, 2.45) is 5.92 Å². The number of nitrogens with one attached hydrogen (secondary N) is 8. The van der Waals surface area contributed by atoms with Gasteiger partial charge in [-0.1, -0.05) is 6.92 Å². The summed E-state index contributed by atoms with van der Waals surface area (Å²) in [6.45, 7) is 41.8. The van der Waals surface area contributed by atoms with E-state index in [1.807, 2.05) is 83.4 Å². The highest BCUT2D eigenvalue weighted by atomic mass is 32.1. The van der Waals surface area contributed by atoms with Crippen LogP contribution in [0.25, 0.3) is 41.8 Å². The summed E-state index contributed by atoms with van der Waals surface area (Å²) in [7, 11) is 0. The Balaban J connectivity index is 0.000000178. The zero-order valence-corrected chi connectivity index (χ0v) is 86.7. The molecule has 6 aliphatic rings. The van der Waals surface area contributed by atoms with Crippen LogP contribution in [0.3, 0.4) is 0 Å². The molecule has 4 saturated heterocycles. The van der Waals surface area contributed by atoms with E-state index in [4.69, 9.17) is 0 Å². The number of likely N-dealkylation sites (tertiary alicyclic amines) is 4. The number of anilines is 4. The molecule has 14 rings (SSSR count). The fourth-order valence-corrected chi connectivity index (χ4v) is 20.8. The van der Waals surface area contributed by atoms with Gasteiger partial charge in [-0.15, -0.1) is 45.3 Å². The lowest BCUT2D eigenvalue weighted by molar-refractivity contribution is -0.198. The number of halogens is 5. The highest BCUT2D eigenvalue weighted by Crippen LogP contribution is 2.49. The normalized spacial score (nSPS) is 18.3. The van der Waals surface area contributed by atoms with E-state index < -0.39 is 88.6 Å². The van der Waals surface area contributed by atoms with Gasteiger partial charge in [-0.3, -0.25) is 38.4 Å². The number of carbonyl (C=O) groups excluding carboxylic acids is 8. The minimum absolute atomic E-state index is 0.00462.